The van der Waals surface area contributed by atoms with Gasteiger partial charge in [0.05, 0.1) is 0 Å². The van der Waals surface area contributed by atoms with Crippen molar-refractivity contribution in [2.75, 3.05) is 0 Å². The monoisotopic (exact) mass is 146 g/mol. The third-order valence-electron chi connectivity index (χ3n) is 1.43. The van der Waals surface area contributed by atoms with E-state index in [1.54, 1.807) is 0 Å². The van der Waals surface area contributed by atoms with E-state index >= 15 is 0 Å². The highest BCUT2D eigenvalue weighted by molar-refractivity contribution is 6.51. The molecule has 0 radical (unpaired) electrons. The minimum absolute atomic E-state index is 0.425. The van der Waals surface area contributed by atoms with E-state index in [0.717, 1.165) is 5.54 Å². The Morgan fingerprint density at radius 1 is 1.11 bits per heavy atom. The highest BCUT2D eigenvalue weighted by Crippen LogP contribution is 2.09. The summed E-state index contributed by atoms with van der Waals surface area (Å²) in [7, 11) is -0.833. The molecule has 0 N–H and O–H groups in total. The Hall–Kier alpha value is 0.177. The average molecular weight is 146 g/mol. The van der Waals surface area contributed by atoms with E-state index in [1.165, 1.54) is 0 Å². The van der Waals surface area contributed by atoms with Crippen molar-refractivity contribution in [2.24, 2.45) is 0 Å². The molecule has 0 aromatic heterocycles. The van der Waals surface area contributed by atoms with Gasteiger partial charge in [0.2, 0.25) is 0 Å². The highest BCUT2D eigenvalue weighted by atomic mass is 28.3. The zero-order valence-electron chi connectivity index (χ0n) is 7.14. The van der Waals surface area contributed by atoms with Gasteiger partial charge in [-0.25, -0.2) is 0 Å². The summed E-state index contributed by atoms with van der Waals surface area (Å²) in [6.07, 6.45) is 0.425. The number of hydrogen-bond donors (Lipinski definition) is 0. The van der Waals surface area contributed by atoms with Gasteiger partial charge < -0.3 is 4.43 Å². The zero-order chi connectivity index (χ0) is 7.44. The van der Waals surface area contributed by atoms with Crippen molar-refractivity contribution in [1.82, 2.24) is 0 Å². The molecule has 1 unspecified atom stereocenters. The van der Waals surface area contributed by atoms with Crippen molar-refractivity contribution in [2.45, 2.75) is 45.9 Å². The van der Waals surface area contributed by atoms with Gasteiger partial charge >= 0.3 is 0 Å². The first-order valence-electron chi connectivity index (χ1n) is 3.69. The van der Waals surface area contributed by atoms with E-state index in [0.29, 0.717) is 6.10 Å². The predicted molar refractivity (Wildman–Crippen MR) is 44.3 cm³/mol. The second-order valence-electron chi connectivity index (χ2n) is 3.13. The molecule has 0 saturated heterocycles. The van der Waals surface area contributed by atoms with E-state index < -0.39 is 9.04 Å². The molecule has 0 bridgehead atoms. The van der Waals surface area contributed by atoms with Crippen LogP contribution in [0.4, 0.5) is 0 Å². The number of hydrogen-bond acceptors (Lipinski definition) is 1. The van der Waals surface area contributed by atoms with Crippen LogP contribution in [0.3, 0.4) is 0 Å². The van der Waals surface area contributed by atoms with Crippen LogP contribution in [0.2, 0.25) is 12.1 Å². The highest BCUT2D eigenvalue weighted by Gasteiger charge is 2.10. The van der Waals surface area contributed by atoms with Gasteiger partial charge in [-0.05, 0) is 25.9 Å². The van der Waals surface area contributed by atoms with Crippen LogP contribution in [-0.4, -0.2) is 15.1 Å². The van der Waals surface area contributed by atoms with Gasteiger partial charge in [0.25, 0.3) is 0 Å². The Morgan fingerprint density at radius 3 is 1.67 bits per heavy atom. The van der Waals surface area contributed by atoms with Crippen LogP contribution < -0.4 is 0 Å². The summed E-state index contributed by atoms with van der Waals surface area (Å²) in [5.41, 5.74) is 0.771. The molecule has 56 valence electrons. The average Bonchev–Trinajstić information content (AvgIpc) is 1.63. The summed E-state index contributed by atoms with van der Waals surface area (Å²) in [5, 5.41) is 0. The van der Waals surface area contributed by atoms with Crippen molar-refractivity contribution in [1.29, 1.82) is 0 Å². The maximum absolute atomic E-state index is 5.65. The molecular formula is C7H18OSi. The molecule has 2 heteroatoms. The lowest BCUT2D eigenvalue weighted by atomic mass is 10.5. The fraction of sp³-hybridized carbons (Fsp3) is 1.00. The van der Waals surface area contributed by atoms with Gasteiger partial charge in [-0.2, -0.15) is 0 Å². The summed E-state index contributed by atoms with van der Waals surface area (Å²) in [5.74, 6) is 0. The normalized spacial score (nSPS) is 15.0. The molecule has 0 heterocycles. The lowest BCUT2D eigenvalue weighted by Gasteiger charge is -2.17. The fourth-order valence-electron chi connectivity index (χ4n) is 0.586. The molecular weight excluding hydrogens is 128 g/mol. The molecule has 0 aliphatic heterocycles. The van der Waals surface area contributed by atoms with Gasteiger partial charge in [0.15, 0.2) is 9.04 Å². The first-order valence-corrected chi connectivity index (χ1v) is 5.98. The second-order valence-corrected chi connectivity index (χ2v) is 6.15. The quantitative estimate of drug-likeness (QED) is 0.555. The minimum Gasteiger partial charge on any atom is -0.418 e. The largest absolute Gasteiger partial charge is 0.418 e. The lowest BCUT2D eigenvalue weighted by Crippen LogP contribution is -2.21. The van der Waals surface area contributed by atoms with Crippen LogP contribution in [0, 0.1) is 0 Å². The Balaban J connectivity index is 3.38. The molecule has 0 spiro atoms. The minimum atomic E-state index is -0.833. The van der Waals surface area contributed by atoms with Crippen molar-refractivity contribution < 1.29 is 4.43 Å². The summed E-state index contributed by atoms with van der Waals surface area (Å²) < 4.78 is 5.65. The van der Waals surface area contributed by atoms with Crippen molar-refractivity contribution in [3.63, 3.8) is 0 Å². The van der Waals surface area contributed by atoms with Crippen LogP contribution in [0.25, 0.3) is 0 Å². The van der Waals surface area contributed by atoms with Crippen molar-refractivity contribution >= 4 is 9.04 Å². The van der Waals surface area contributed by atoms with E-state index in [9.17, 15) is 0 Å². The van der Waals surface area contributed by atoms with Gasteiger partial charge in [0, 0.05) is 6.10 Å². The molecule has 0 aliphatic carbocycles. The molecule has 0 rings (SSSR count). The summed E-state index contributed by atoms with van der Waals surface area (Å²) in [6.45, 7) is 10.9. The van der Waals surface area contributed by atoms with Crippen molar-refractivity contribution in [3.05, 3.63) is 0 Å². The Morgan fingerprint density at radius 2 is 1.56 bits per heavy atom. The lowest BCUT2D eigenvalue weighted by molar-refractivity contribution is 0.240. The van der Waals surface area contributed by atoms with Crippen LogP contribution in [0.15, 0.2) is 0 Å². The molecule has 0 fully saturated rings. The summed E-state index contributed by atoms with van der Waals surface area (Å²) >= 11 is 0. The number of rotatable bonds is 3. The summed E-state index contributed by atoms with van der Waals surface area (Å²) in [4.78, 5) is 0. The van der Waals surface area contributed by atoms with Crippen molar-refractivity contribution in [3.8, 4) is 0 Å². The molecule has 0 aromatic rings. The first kappa shape index (κ1) is 9.18. The predicted octanol–water partition coefficient (Wildman–Crippen LogP) is 2.17. The SMILES string of the molecule is CC(C)O[SiH](C)C(C)C. The van der Waals surface area contributed by atoms with Gasteiger partial charge in [-0.1, -0.05) is 13.8 Å². The molecule has 0 aromatic carbocycles. The third-order valence-corrected chi connectivity index (χ3v) is 4.28. The van der Waals surface area contributed by atoms with Crippen LogP contribution in [0.1, 0.15) is 27.7 Å². The molecule has 1 nitrogen and oxygen atoms in total. The summed E-state index contributed by atoms with van der Waals surface area (Å²) in [6, 6.07) is 0. The molecule has 0 aliphatic rings. The fourth-order valence-corrected chi connectivity index (χ4v) is 1.76. The molecule has 0 saturated carbocycles. The maximum Gasteiger partial charge on any atom is 0.176 e. The Bertz CT molecular complexity index is 71.3. The maximum atomic E-state index is 5.65. The van der Waals surface area contributed by atoms with Crippen LogP contribution in [0.5, 0.6) is 0 Å². The van der Waals surface area contributed by atoms with E-state index in [2.05, 4.69) is 34.2 Å². The van der Waals surface area contributed by atoms with Gasteiger partial charge in [-0.3, -0.25) is 0 Å². The van der Waals surface area contributed by atoms with E-state index in [-0.39, 0.29) is 0 Å². The molecule has 0 amide bonds. The van der Waals surface area contributed by atoms with Crippen LogP contribution >= 0.6 is 0 Å². The third kappa shape index (κ3) is 4.67. The Kier molecular flexibility index (Phi) is 4.15. The van der Waals surface area contributed by atoms with Gasteiger partial charge in [0.1, 0.15) is 0 Å². The standard InChI is InChI=1S/C7H18OSi/c1-6(2)8-9(5)7(3)4/h6-7,9H,1-5H3. The first-order chi connectivity index (χ1) is 4.04. The van der Waals surface area contributed by atoms with E-state index in [4.69, 9.17) is 4.43 Å². The van der Waals surface area contributed by atoms with Crippen LogP contribution in [-0.2, 0) is 4.43 Å². The van der Waals surface area contributed by atoms with Gasteiger partial charge in [-0.15, -0.1) is 0 Å². The Labute approximate surface area is 60.1 Å². The topological polar surface area (TPSA) is 9.23 Å². The molecule has 1 atom stereocenters. The molecule has 9 heavy (non-hydrogen) atoms. The zero-order valence-corrected chi connectivity index (χ0v) is 8.29. The second kappa shape index (κ2) is 4.07. The van der Waals surface area contributed by atoms with E-state index in [1.807, 2.05) is 0 Å². The smallest absolute Gasteiger partial charge is 0.176 e.